The number of hydrogen-bond acceptors (Lipinski definition) is 3. The second-order valence-electron chi connectivity index (χ2n) is 6.32. The van der Waals surface area contributed by atoms with Crippen molar-refractivity contribution in [1.82, 2.24) is 0 Å². The number of anilines is 1. The first-order valence-electron chi connectivity index (χ1n) is 8.88. The van der Waals surface area contributed by atoms with Crippen molar-refractivity contribution in [2.24, 2.45) is 0 Å². The zero-order valence-corrected chi connectivity index (χ0v) is 17.6. The molecule has 7 heteroatoms. The molecule has 1 N–H and O–H groups in total. The molecular weight excluding hydrogens is 445 g/mol. The highest BCUT2D eigenvalue weighted by molar-refractivity contribution is 6.36. The molecule has 0 aliphatic heterocycles. The second-order valence-corrected chi connectivity index (χ2v) is 7.60. The van der Waals surface area contributed by atoms with E-state index in [4.69, 9.17) is 44.0 Å². The molecule has 0 bridgehead atoms. The van der Waals surface area contributed by atoms with Crippen LogP contribution in [0.5, 0.6) is 11.5 Å². The number of benzene rings is 3. The number of amides is 1. The number of furan rings is 1. The lowest BCUT2D eigenvalue weighted by Crippen LogP contribution is -2.10. The van der Waals surface area contributed by atoms with Crippen molar-refractivity contribution >= 4 is 46.4 Å². The van der Waals surface area contributed by atoms with E-state index in [2.05, 4.69) is 5.32 Å². The lowest BCUT2D eigenvalue weighted by molar-refractivity contribution is 0.0997. The number of nitrogens with one attached hydrogen (secondary N) is 1. The second kappa shape index (κ2) is 8.84. The summed E-state index contributed by atoms with van der Waals surface area (Å²) < 4.78 is 11.4. The van der Waals surface area contributed by atoms with Crippen molar-refractivity contribution in [3.63, 3.8) is 0 Å². The van der Waals surface area contributed by atoms with E-state index in [9.17, 15) is 4.79 Å². The normalized spacial score (nSPS) is 10.6. The predicted octanol–water partition coefficient (Wildman–Crippen LogP) is 7.95. The van der Waals surface area contributed by atoms with Crippen LogP contribution in [0.2, 0.25) is 15.1 Å². The van der Waals surface area contributed by atoms with Gasteiger partial charge in [0.1, 0.15) is 17.3 Å². The smallest absolute Gasteiger partial charge is 0.291 e. The van der Waals surface area contributed by atoms with Crippen molar-refractivity contribution in [2.75, 3.05) is 5.32 Å². The molecule has 4 aromatic rings. The summed E-state index contributed by atoms with van der Waals surface area (Å²) in [6.07, 6.45) is 0. The molecule has 4 nitrogen and oxygen atoms in total. The molecule has 0 radical (unpaired) electrons. The fourth-order valence-corrected chi connectivity index (χ4v) is 3.36. The van der Waals surface area contributed by atoms with Crippen LogP contribution >= 0.6 is 34.8 Å². The Morgan fingerprint density at radius 2 is 1.40 bits per heavy atom. The highest BCUT2D eigenvalue weighted by Gasteiger charge is 2.14. The molecule has 0 atom stereocenters. The van der Waals surface area contributed by atoms with E-state index in [0.717, 1.165) is 0 Å². The maximum Gasteiger partial charge on any atom is 0.291 e. The molecule has 0 aliphatic carbocycles. The van der Waals surface area contributed by atoms with Crippen LogP contribution in [0.4, 0.5) is 5.69 Å². The summed E-state index contributed by atoms with van der Waals surface area (Å²) in [6, 6.07) is 22.4. The van der Waals surface area contributed by atoms with Gasteiger partial charge in [-0.25, -0.2) is 0 Å². The van der Waals surface area contributed by atoms with Gasteiger partial charge in [0.05, 0.1) is 5.02 Å². The summed E-state index contributed by atoms with van der Waals surface area (Å²) in [5.74, 6) is 1.57. The van der Waals surface area contributed by atoms with Gasteiger partial charge in [0.15, 0.2) is 5.76 Å². The SMILES string of the molecule is O=C(Nc1ccc(Oc2ccc(Cl)cc2)cc1)c1ccc(-c2ccc(Cl)cc2Cl)o1. The summed E-state index contributed by atoms with van der Waals surface area (Å²) in [7, 11) is 0. The summed E-state index contributed by atoms with van der Waals surface area (Å²) >= 11 is 18.0. The lowest BCUT2D eigenvalue weighted by atomic mass is 10.2. The summed E-state index contributed by atoms with van der Waals surface area (Å²) in [5, 5.41) is 4.39. The minimum atomic E-state index is -0.377. The van der Waals surface area contributed by atoms with Crippen LogP contribution in [0.15, 0.2) is 83.3 Å². The number of carbonyl (C=O) groups is 1. The van der Waals surface area contributed by atoms with Crippen LogP contribution in [-0.4, -0.2) is 5.91 Å². The van der Waals surface area contributed by atoms with E-state index in [1.807, 2.05) is 0 Å². The maximum atomic E-state index is 12.5. The third-order valence-electron chi connectivity index (χ3n) is 4.19. The van der Waals surface area contributed by atoms with Crippen LogP contribution < -0.4 is 10.1 Å². The first kappa shape index (κ1) is 20.4. The topological polar surface area (TPSA) is 51.5 Å². The molecule has 0 saturated heterocycles. The van der Waals surface area contributed by atoms with E-state index in [1.54, 1.807) is 78.9 Å². The standard InChI is InChI=1S/C23H14Cl3NO3/c24-14-1-6-17(7-2-14)29-18-8-4-16(5-9-18)27-23(28)22-12-11-21(30-22)19-10-3-15(25)13-20(19)26/h1-13H,(H,27,28). The largest absolute Gasteiger partial charge is 0.457 e. The Morgan fingerprint density at radius 1 is 0.767 bits per heavy atom. The highest BCUT2D eigenvalue weighted by atomic mass is 35.5. The molecule has 1 amide bonds. The number of hydrogen-bond donors (Lipinski definition) is 1. The Bertz CT molecular complexity index is 1190. The van der Waals surface area contributed by atoms with Gasteiger partial charge in [-0.15, -0.1) is 0 Å². The first-order valence-corrected chi connectivity index (χ1v) is 10.0. The van der Waals surface area contributed by atoms with Crippen LogP contribution in [0.3, 0.4) is 0 Å². The fraction of sp³-hybridized carbons (Fsp3) is 0. The van der Waals surface area contributed by atoms with Crippen molar-refractivity contribution < 1.29 is 13.9 Å². The summed E-state index contributed by atoms with van der Waals surface area (Å²) in [5.41, 5.74) is 1.26. The van der Waals surface area contributed by atoms with Gasteiger partial charge in [-0.05, 0) is 78.9 Å². The van der Waals surface area contributed by atoms with E-state index < -0.39 is 0 Å². The van der Waals surface area contributed by atoms with E-state index >= 15 is 0 Å². The zero-order valence-electron chi connectivity index (χ0n) is 15.4. The molecule has 0 unspecified atom stereocenters. The van der Waals surface area contributed by atoms with Crippen LogP contribution in [0, 0.1) is 0 Å². The van der Waals surface area contributed by atoms with E-state index in [1.165, 1.54) is 0 Å². The first-order chi connectivity index (χ1) is 14.5. The molecule has 4 rings (SSSR count). The van der Waals surface area contributed by atoms with Gasteiger partial charge in [0.25, 0.3) is 5.91 Å². The Labute approximate surface area is 187 Å². The summed E-state index contributed by atoms with van der Waals surface area (Å²) in [6.45, 7) is 0. The number of carbonyl (C=O) groups excluding carboxylic acids is 1. The number of halogens is 3. The van der Waals surface area contributed by atoms with Gasteiger partial charge in [-0.1, -0.05) is 34.8 Å². The van der Waals surface area contributed by atoms with E-state index in [0.29, 0.717) is 43.6 Å². The minimum Gasteiger partial charge on any atom is -0.457 e. The Morgan fingerprint density at radius 3 is 2.07 bits per heavy atom. The van der Waals surface area contributed by atoms with Gasteiger partial charge < -0.3 is 14.5 Å². The molecule has 0 fully saturated rings. The predicted molar refractivity (Wildman–Crippen MR) is 120 cm³/mol. The number of ether oxygens (including phenoxy) is 1. The van der Waals surface area contributed by atoms with Crippen LogP contribution in [0.1, 0.15) is 10.6 Å². The lowest BCUT2D eigenvalue weighted by Gasteiger charge is -2.07. The summed E-state index contributed by atoms with van der Waals surface area (Å²) in [4.78, 5) is 12.5. The molecule has 0 saturated carbocycles. The zero-order chi connectivity index (χ0) is 21.1. The third kappa shape index (κ3) is 4.79. The van der Waals surface area contributed by atoms with Crippen molar-refractivity contribution in [3.05, 3.63) is 99.7 Å². The molecule has 1 heterocycles. The van der Waals surface area contributed by atoms with Crippen molar-refractivity contribution in [1.29, 1.82) is 0 Å². The van der Waals surface area contributed by atoms with Gasteiger partial charge in [-0.2, -0.15) is 0 Å². The van der Waals surface area contributed by atoms with Crippen LogP contribution in [0.25, 0.3) is 11.3 Å². The van der Waals surface area contributed by atoms with Gasteiger partial charge in [-0.3, -0.25) is 4.79 Å². The molecule has 0 spiro atoms. The van der Waals surface area contributed by atoms with Crippen molar-refractivity contribution in [2.45, 2.75) is 0 Å². The minimum absolute atomic E-state index is 0.164. The van der Waals surface area contributed by atoms with Gasteiger partial charge >= 0.3 is 0 Å². The molecule has 3 aromatic carbocycles. The third-order valence-corrected chi connectivity index (χ3v) is 4.99. The Balaban J connectivity index is 1.42. The molecular formula is C23H14Cl3NO3. The molecule has 30 heavy (non-hydrogen) atoms. The fourth-order valence-electron chi connectivity index (χ4n) is 2.73. The number of rotatable bonds is 5. The molecule has 1 aromatic heterocycles. The monoisotopic (exact) mass is 457 g/mol. The van der Waals surface area contributed by atoms with Crippen molar-refractivity contribution in [3.8, 4) is 22.8 Å². The highest BCUT2D eigenvalue weighted by Crippen LogP contribution is 2.32. The average molecular weight is 459 g/mol. The molecule has 0 aliphatic rings. The van der Waals surface area contributed by atoms with Crippen LogP contribution in [-0.2, 0) is 0 Å². The molecule has 150 valence electrons. The maximum absolute atomic E-state index is 12.5. The Kier molecular flexibility index (Phi) is 6.00. The van der Waals surface area contributed by atoms with Gasteiger partial charge in [0.2, 0.25) is 0 Å². The average Bonchev–Trinajstić information content (AvgIpc) is 3.21. The van der Waals surface area contributed by atoms with Gasteiger partial charge in [0, 0.05) is 21.3 Å². The Hall–Kier alpha value is -2.92. The quantitative estimate of drug-likeness (QED) is 0.330. The van der Waals surface area contributed by atoms with E-state index in [-0.39, 0.29) is 11.7 Å².